The topological polar surface area (TPSA) is 64.6 Å². The smallest absolute Gasteiger partial charge is 0.328 e. The first kappa shape index (κ1) is 17.6. The fourth-order valence-electron chi connectivity index (χ4n) is 1.55. The van der Waals surface area contributed by atoms with E-state index in [9.17, 15) is 9.59 Å². The maximum absolute atomic E-state index is 11.8. The zero-order valence-electron chi connectivity index (χ0n) is 11.8. The van der Waals surface area contributed by atoms with Crippen molar-refractivity contribution >= 4 is 40.8 Å². The Morgan fingerprint density at radius 3 is 2.57 bits per heavy atom. The van der Waals surface area contributed by atoms with Crippen molar-refractivity contribution in [2.24, 2.45) is 0 Å². The van der Waals surface area contributed by atoms with Crippen LogP contribution < -0.4 is 5.32 Å². The number of aryl methyl sites for hydroxylation is 1. The lowest BCUT2D eigenvalue weighted by Crippen LogP contribution is -2.29. The Balaban J connectivity index is 2.43. The van der Waals surface area contributed by atoms with E-state index in [2.05, 4.69) is 10.1 Å². The number of rotatable bonds is 7. The average molecular weight is 334 g/mol. The minimum absolute atomic E-state index is 0.0187. The normalized spacial score (nSPS) is 11.6. The summed E-state index contributed by atoms with van der Waals surface area (Å²) in [6.45, 7) is 3.51. The van der Waals surface area contributed by atoms with Crippen molar-refractivity contribution in [3.63, 3.8) is 0 Å². The first-order valence-corrected chi connectivity index (χ1v) is 7.26. The lowest BCUT2D eigenvalue weighted by molar-refractivity contribution is -0.151. The van der Waals surface area contributed by atoms with Crippen LogP contribution >= 0.6 is 23.2 Å². The lowest BCUT2D eigenvalue weighted by atomic mass is 10.2. The third-order valence-electron chi connectivity index (χ3n) is 2.64. The Labute approximate surface area is 133 Å². The molecule has 1 N–H and O–H groups in total. The van der Waals surface area contributed by atoms with Crippen LogP contribution in [-0.2, 0) is 19.1 Å². The summed E-state index contributed by atoms with van der Waals surface area (Å²) in [5.41, 5.74) is 1.62. The Morgan fingerprint density at radius 2 is 1.95 bits per heavy atom. The number of ether oxygens (including phenoxy) is 2. The van der Waals surface area contributed by atoms with Crippen LogP contribution in [0.25, 0.3) is 0 Å². The van der Waals surface area contributed by atoms with Crippen molar-refractivity contribution in [2.75, 3.05) is 24.4 Å². The molecular weight excluding hydrogens is 317 g/mol. The molecule has 0 heterocycles. The molecule has 1 rings (SSSR count). The number of hydrogen-bond donors (Lipinski definition) is 1. The molecule has 1 aromatic rings. The number of halogens is 2. The van der Waals surface area contributed by atoms with Crippen LogP contribution in [0, 0.1) is 6.92 Å². The minimum atomic E-state index is -0.577. The van der Waals surface area contributed by atoms with Crippen molar-refractivity contribution in [1.29, 1.82) is 0 Å². The Bertz CT molecular complexity index is 487. The van der Waals surface area contributed by atoms with E-state index in [-0.39, 0.29) is 19.1 Å². The molecule has 0 spiro atoms. The van der Waals surface area contributed by atoms with E-state index in [1.165, 1.54) is 0 Å². The van der Waals surface area contributed by atoms with Crippen molar-refractivity contribution < 1.29 is 19.1 Å². The molecule has 5 nitrogen and oxygen atoms in total. The van der Waals surface area contributed by atoms with Gasteiger partial charge < -0.3 is 14.8 Å². The van der Waals surface area contributed by atoms with Gasteiger partial charge in [0.1, 0.15) is 25.1 Å². The highest BCUT2D eigenvalue weighted by atomic mass is 35.5. The van der Waals surface area contributed by atoms with E-state index in [1.807, 2.05) is 19.1 Å². The van der Waals surface area contributed by atoms with E-state index in [1.54, 1.807) is 13.0 Å². The summed E-state index contributed by atoms with van der Waals surface area (Å²) in [4.78, 5) is 22.6. The molecule has 0 amide bonds. The van der Waals surface area contributed by atoms with Crippen molar-refractivity contribution in [1.82, 2.24) is 0 Å². The van der Waals surface area contributed by atoms with Crippen molar-refractivity contribution in [2.45, 2.75) is 19.9 Å². The van der Waals surface area contributed by atoms with E-state index < -0.39 is 18.0 Å². The van der Waals surface area contributed by atoms with Gasteiger partial charge in [-0.25, -0.2) is 4.79 Å². The molecule has 0 saturated heterocycles. The van der Waals surface area contributed by atoms with Gasteiger partial charge in [-0.15, -0.1) is 11.6 Å². The largest absolute Gasteiger partial charge is 0.461 e. The van der Waals surface area contributed by atoms with Crippen LogP contribution in [-0.4, -0.2) is 37.1 Å². The van der Waals surface area contributed by atoms with Gasteiger partial charge in [0.05, 0.1) is 10.7 Å². The van der Waals surface area contributed by atoms with E-state index in [4.69, 9.17) is 27.9 Å². The number of carbonyl (C=O) groups is 2. The summed E-state index contributed by atoms with van der Waals surface area (Å²) < 4.78 is 9.67. The minimum Gasteiger partial charge on any atom is -0.461 e. The molecule has 0 radical (unpaired) electrons. The predicted octanol–water partition coefficient (Wildman–Crippen LogP) is 2.77. The molecule has 1 aromatic carbocycles. The van der Waals surface area contributed by atoms with Gasteiger partial charge in [-0.05, 0) is 25.5 Å². The lowest BCUT2D eigenvalue weighted by Gasteiger charge is -2.17. The molecule has 1 atom stereocenters. The van der Waals surface area contributed by atoms with Gasteiger partial charge in [0, 0.05) is 0 Å². The molecule has 21 heavy (non-hydrogen) atoms. The van der Waals surface area contributed by atoms with Gasteiger partial charge in [-0.3, -0.25) is 4.79 Å². The van der Waals surface area contributed by atoms with Crippen LogP contribution in [0.2, 0.25) is 5.02 Å². The molecule has 0 aliphatic heterocycles. The molecule has 7 heteroatoms. The van der Waals surface area contributed by atoms with E-state index in [0.29, 0.717) is 10.7 Å². The van der Waals surface area contributed by atoms with Gasteiger partial charge in [0.15, 0.2) is 0 Å². The van der Waals surface area contributed by atoms with Gasteiger partial charge in [-0.2, -0.15) is 0 Å². The summed E-state index contributed by atoms with van der Waals surface area (Å²) in [5.74, 6) is -1.24. The summed E-state index contributed by atoms with van der Waals surface area (Å²) in [7, 11) is 0. The fourth-order valence-corrected chi connectivity index (χ4v) is 1.90. The number of carbonyl (C=O) groups excluding carboxylic acids is 2. The Hall–Kier alpha value is -1.46. The maximum atomic E-state index is 11.8. The van der Waals surface area contributed by atoms with Crippen LogP contribution in [0.5, 0.6) is 0 Å². The molecule has 1 unspecified atom stereocenters. The van der Waals surface area contributed by atoms with Gasteiger partial charge >= 0.3 is 11.9 Å². The third-order valence-corrected chi connectivity index (χ3v) is 3.17. The predicted molar refractivity (Wildman–Crippen MR) is 81.9 cm³/mol. The highest BCUT2D eigenvalue weighted by Gasteiger charge is 2.16. The SMILES string of the molecule is Cc1cccc(Cl)c1NC(C)C(=O)OCCOC(=O)CCl. The van der Waals surface area contributed by atoms with Crippen LogP contribution in [0.3, 0.4) is 0 Å². The van der Waals surface area contributed by atoms with Gasteiger partial charge in [-0.1, -0.05) is 23.7 Å². The molecule has 0 aromatic heterocycles. The molecule has 0 aliphatic rings. The molecule has 116 valence electrons. The van der Waals surface area contributed by atoms with Gasteiger partial charge in [0.25, 0.3) is 0 Å². The Morgan fingerprint density at radius 1 is 1.29 bits per heavy atom. The number of nitrogens with one attached hydrogen (secondary N) is 1. The highest BCUT2D eigenvalue weighted by molar-refractivity contribution is 6.33. The molecular formula is C14H17Cl2NO4. The zero-order valence-corrected chi connectivity index (χ0v) is 13.3. The number of para-hydroxylation sites is 1. The van der Waals surface area contributed by atoms with Crippen molar-refractivity contribution in [3.05, 3.63) is 28.8 Å². The van der Waals surface area contributed by atoms with Crippen LogP contribution in [0.4, 0.5) is 5.69 Å². The fraction of sp³-hybridized carbons (Fsp3) is 0.429. The Kier molecular flexibility index (Phi) is 7.32. The number of benzene rings is 1. The molecule has 0 fully saturated rings. The molecule has 0 saturated carbocycles. The second-order valence-corrected chi connectivity index (χ2v) is 4.99. The first-order valence-electron chi connectivity index (χ1n) is 6.35. The number of hydrogen-bond acceptors (Lipinski definition) is 5. The average Bonchev–Trinajstić information content (AvgIpc) is 2.46. The summed E-state index contributed by atoms with van der Waals surface area (Å²) in [6.07, 6.45) is 0. The number of alkyl halides is 1. The van der Waals surface area contributed by atoms with E-state index >= 15 is 0 Å². The highest BCUT2D eigenvalue weighted by Crippen LogP contribution is 2.25. The van der Waals surface area contributed by atoms with Gasteiger partial charge in [0.2, 0.25) is 0 Å². The van der Waals surface area contributed by atoms with Crippen molar-refractivity contribution in [3.8, 4) is 0 Å². The third kappa shape index (κ3) is 5.81. The second kappa shape index (κ2) is 8.74. The monoisotopic (exact) mass is 333 g/mol. The van der Waals surface area contributed by atoms with E-state index in [0.717, 1.165) is 5.56 Å². The number of anilines is 1. The molecule has 0 bridgehead atoms. The van der Waals surface area contributed by atoms with Crippen LogP contribution in [0.1, 0.15) is 12.5 Å². The summed E-state index contributed by atoms with van der Waals surface area (Å²) >= 11 is 11.3. The summed E-state index contributed by atoms with van der Waals surface area (Å²) in [6, 6.07) is 4.88. The first-order chi connectivity index (χ1) is 9.95. The second-order valence-electron chi connectivity index (χ2n) is 4.32. The number of esters is 2. The molecule has 0 aliphatic carbocycles. The summed E-state index contributed by atoms with van der Waals surface area (Å²) in [5, 5.41) is 3.54. The quantitative estimate of drug-likeness (QED) is 0.472. The van der Waals surface area contributed by atoms with Crippen LogP contribution in [0.15, 0.2) is 18.2 Å². The zero-order chi connectivity index (χ0) is 15.8. The standard InChI is InChI=1S/C14H17Cl2NO4/c1-9-4-3-5-11(16)13(9)17-10(2)14(19)21-7-6-20-12(18)8-15/h3-5,10,17H,6-8H2,1-2H3. The maximum Gasteiger partial charge on any atom is 0.328 e.